The predicted molar refractivity (Wildman–Crippen MR) is 98.2 cm³/mol. The molecule has 0 atom stereocenters. The molecular weight excluding hydrogens is 298 g/mol. The van der Waals surface area contributed by atoms with Gasteiger partial charge in [0.1, 0.15) is 11.3 Å². The van der Waals surface area contributed by atoms with Crippen molar-refractivity contribution in [3.05, 3.63) is 42.5 Å². The third-order valence-corrected chi connectivity index (χ3v) is 4.29. The van der Waals surface area contributed by atoms with E-state index in [9.17, 15) is 0 Å². The lowest BCUT2D eigenvalue weighted by Crippen LogP contribution is -1.99. The number of benzene rings is 2. The molecule has 4 nitrogen and oxygen atoms in total. The van der Waals surface area contributed by atoms with Gasteiger partial charge in [-0.05, 0) is 18.6 Å². The van der Waals surface area contributed by atoms with Crippen molar-refractivity contribution in [1.82, 2.24) is 15.4 Å². The van der Waals surface area contributed by atoms with Gasteiger partial charge in [0.2, 0.25) is 0 Å². The van der Waals surface area contributed by atoms with Gasteiger partial charge in [-0.3, -0.25) is 5.10 Å². The van der Waals surface area contributed by atoms with Gasteiger partial charge in [-0.25, -0.2) is 0 Å². The van der Waals surface area contributed by atoms with Crippen LogP contribution in [-0.2, 0) is 0 Å². The number of nitrogens with one attached hydrogen (secondary N) is 1. The van der Waals surface area contributed by atoms with E-state index >= 15 is 0 Å². The number of fused-ring (bicyclic) bond motifs is 1. The maximum Gasteiger partial charge on any atom is 0.127 e. The average molecular weight is 323 g/mol. The number of ether oxygens (including phenoxy) is 1. The van der Waals surface area contributed by atoms with E-state index < -0.39 is 0 Å². The molecule has 0 bridgehead atoms. The smallest absolute Gasteiger partial charge is 0.127 e. The fraction of sp³-hybridized carbons (Fsp3) is 0.400. The standard InChI is InChI=1S/C20H25N3O/c1-2-3-4-5-6-9-15-24-19-14-8-7-11-16(19)17-12-10-13-18-20(17)22-23-21-18/h7-8,10-14H,2-6,9,15H2,1H3,(H,21,22,23). The average Bonchev–Trinajstić information content (AvgIpc) is 3.10. The second-order valence-corrected chi connectivity index (χ2v) is 6.13. The lowest BCUT2D eigenvalue weighted by atomic mass is 10.0. The number of para-hydroxylation sites is 1. The molecule has 4 heteroatoms. The summed E-state index contributed by atoms with van der Waals surface area (Å²) in [6.07, 6.45) is 7.61. The molecule has 0 spiro atoms. The quantitative estimate of drug-likeness (QED) is 0.539. The Morgan fingerprint density at radius 2 is 1.67 bits per heavy atom. The van der Waals surface area contributed by atoms with E-state index in [4.69, 9.17) is 4.74 Å². The van der Waals surface area contributed by atoms with E-state index in [2.05, 4.69) is 34.5 Å². The van der Waals surface area contributed by atoms with E-state index in [1.54, 1.807) is 0 Å². The van der Waals surface area contributed by atoms with Crippen LogP contribution < -0.4 is 4.74 Å². The van der Waals surface area contributed by atoms with Gasteiger partial charge in [0, 0.05) is 11.1 Å². The third kappa shape index (κ3) is 3.94. The van der Waals surface area contributed by atoms with Crippen LogP contribution in [0.25, 0.3) is 22.2 Å². The van der Waals surface area contributed by atoms with Crippen LogP contribution in [0.2, 0.25) is 0 Å². The Labute approximate surface area is 143 Å². The largest absolute Gasteiger partial charge is 0.493 e. The van der Waals surface area contributed by atoms with E-state index in [0.29, 0.717) is 0 Å². The first-order chi connectivity index (χ1) is 11.9. The zero-order chi connectivity index (χ0) is 16.6. The zero-order valence-electron chi connectivity index (χ0n) is 14.3. The Morgan fingerprint density at radius 3 is 2.58 bits per heavy atom. The highest BCUT2D eigenvalue weighted by atomic mass is 16.5. The van der Waals surface area contributed by atoms with Crippen molar-refractivity contribution in [2.75, 3.05) is 6.61 Å². The van der Waals surface area contributed by atoms with Crippen LogP contribution in [0.15, 0.2) is 42.5 Å². The number of hydrogen-bond donors (Lipinski definition) is 1. The Morgan fingerprint density at radius 1 is 0.875 bits per heavy atom. The van der Waals surface area contributed by atoms with Gasteiger partial charge in [-0.1, -0.05) is 74.6 Å². The summed E-state index contributed by atoms with van der Waals surface area (Å²) >= 11 is 0. The Bertz CT molecular complexity index is 766. The third-order valence-electron chi connectivity index (χ3n) is 4.29. The van der Waals surface area contributed by atoms with Gasteiger partial charge in [-0.2, -0.15) is 0 Å². The van der Waals surface area contributed by atoms with Crippen LogP contribution >= 0.6 is 0 Å². The van der Waals surface area contributed by atoms with Gasteiger partial charge in [0.15, 0.2) is 0 Å². The number of rotatable bonds is 9. The molecule has 1 aromatic heterocycles. The van der Waals surface area contributed by atoms with Crippen molar-refractivity contribution in [1.29, 1.82) is 0 Å². The summed E-state index contributed by atoms with van der Waals surface area (Å²) in [5, 5.41) is 11.0. The summed E-state index contributed by atoms with van der Waals surface area (Å²) < 4.78 is 6.07. The first-order valence-electron chi connectivity index (χ1n) is 8.92. The van der Waals surface area contributed by atoms with E-state index in [-0.39, 0.29) is 0 Å². The second-order valence-electron chi connectivity index (χ2n) is 6.13. The zero-order valence-corrected chi connectivity index (χ0v) is 14.3. The maximum absolute atomic E-state index is 6.07. The Balaban J connectivity index is 1.67. The monoisotopic (exact) mass is 323 g/mol. The lowest BCUT2D eigenvalue weighted by Gasteiger charge is -2.12. The molecule has 0 amide bonds. The Hall–Kier alpha value is -2.36. The summed E-state index contributed by atoms with van der Waals surface area (Å²) in [7, 11) is 0. The first kappa shape index (κ1) is 16.5. The minimum atomic E-state index is 0.762. The summed E-state index contributed by atoms with van der Waals surface area (Å²) in [4.78, 5) is 0. The highest BCUT2D eigenvalue weighted by molar-refractivity contribution is 5.92. The van der Waals surface area contributed by atoms with Gasteiger partial charge in [-0.15, -0.1) is 5.10 Å². The highest BCUT2D eigenvalue weighted by Gasteiger charge is 2.11. The predicted octanol–water partition coefficient (Wildman–Crippen LogP) is 5.36. The SMILES string of the molecule is CCCCCCCCOc1ccccc1-c1cccc2[nH]nnc12. The summed E-state index contributed by atoms with van der Waals surface area (Å²) in [5.41, 5.74) is 3.95. The van der Waals surface area contributed by atoms with Crippen molar-refractivity contribution >= 4 is 11.0 Å². The molecule has 24 heavy (non-hydrogen) atoms. The van der Waals surface area contributed by atoms with E-state index in [1.807, 2.05) is 30.3 Å². The fourth-order valence-corrected chi connectivity index (χ4v) is 2.97. The summed E-state index contributed by atoms with van der Waals surface area (Å²) in [6.45, 7) is 3.01. The number of H-pyrrole nitrogens is 1. The van der Waals surface area contributed by atoms with E-state index in [1.165, 1.54) is 32.1 Å². The molecule has 2 aromatic carbocycles. The first-order valence-corrected chi connectivity index (χ1v) is 8.92. The molecule has 0 fully saturated rings. The molecule has 1 N–H and O–H groups in total. The van der Waals surface area contributed by atoms with E-state index in [0.717, 1.165) is 40.9 Å². The second kappa shape index (κ2) is 8.48. The molecule has 3 aromatic rings. The molecular formula is C20H25N3O. The van der Waals surface area contributed by atoms with Crippen LogP contribution in [0.5, 0.6) is 5.75 Å². The van der Waals surface area contributed by atoms with Crippen molar-refractivity contribution < 1.29 is 4.74 Å². The van der Waals surface area contributed by atoms with Crippen molar-refractivity contribution in [3.63, 3.8) is 0 Å². The molecule has 0 aliphatic rings. The normalized spacial score (nSPS) is 11.0. The van der Waals surface area contributed by atoms with Gasteiger partial charge in [0.25, 0.3) is 0 Å². The maximum atomic E-state index is 6.07. The molecule has 0 aliphatic heterocycles. The van der Waals surface area contributed by atoms with Crippen molar-refractivity contribution in [2.24, 2.45) is 0 Å². The molecule has 0 saturated heterocycles. The van der Waals surface area contributed by atoms with Crippen LogP contribution in [0.4, 0.5) is 0 Å². The summed E-state index contributed by atoms with van der Waals surface area (Å²) in [6, 6.07) is 14.2. The number of aromatic nitrogens is 3. The fourth-order valence-electron chi connectivity index (χ4n) is 2.97. The minimum absolute atomic E-state index is 0.762. The molecule has 1 heterocycles. The number of hydrogen-bond acceptors (Lipinski definition) is 3. The number of nitrogens with zero attached hydrogens (tertiary/aromatic N) is 2. The highest BCUT2D eigenvalue weighted by Crippen LogP contribution is 2.33. The van der Waals surface area contributed by atoms with Crippen LogP contribution in [-0.4, -0.2) is 22.0 Å². The number of aromatic amines is 1. The van der Waals surface area contributed by atoms with Crippen LogP contribution in [0.3, 0.4) is 0 Å². The molecule has 0 radical (unpaired) electrons. The molecule has 0 unspecified atom stereocenters. The lowest BCUT2D eigenvalue weighted by molar-refractivity contribution is 0.305. The van der Waals surface area contributed by atoms with Crippen molar-refractivity contribution in [3.8, 4) is 16.9 Å². The molecule has 0 saturated carbocycles. The van der Waals surface area contributed by atoms with Gasteiger partial charge >= 0.3 is 0 Å². The Kier molecular flexibility index (Phi) is 5.83. The molecule has 3 rings (SSSR count). The van der Waals surface area contributed by atoms with Gasteiger partial charge < -0.3 is 4.74 Å². The molecule has 126 valence electrons. The summed E-state index contributed by atoms with van der Waals surface area (Å²) in [5.74, 6) is 0.918. The van der Waals surface area contributed by atoms with Crippen LogP contribution in [0, 0.1) is 0 Å². The van der Waals surface area contributed by atoms with Crippen LogP contribution in [0.1, 0.15) is 45.4 Å². The number of unbranched alkanes of at least 4 members (excludes halogenated alkanes) is 5. The van der Waals surface area contributed by atoms with Gasteiger partial charge in [0.05, 0.1) is 12.1 Å². The minimum Gasteiger partial charge on any atom is -0.493 e. The topological polar surface area (TPSA) is 50.8 Å². The molecule has 0 aliphatic carbocycles. The van der Waals surface area contributed by atoms with Crippen molar-refractivity contribution in [2.45, 2.75) is 45.4 Å².